The van der Waals surface area contributed by atoms with Crippen LogP contribution in [0.2, 0.25) is 0 Å². The standard InChI is InChI=1S/C17H23N3S/c1-2-7-14-13(6-1)12-18-17(19-14)21-16-9-5-8-15(16)20-10-3-4-11-20/h1-2,6-7,15-16H,3-5,8-12H2,(H,18,19)/t15-,16?/m1/s1. The first kappa shape index (κ1) is 13.6. The van der Waals surface area contributed by atoms with Crippen molar-refractivity contribution in [3.05, 3.63) is 29.8 Å². The number of hydrogen-bond acceptors (Lipinski definition) is 4. The molecule has 3 aliphatic rings. The molecule has 0 amide bonds. The molecule has 112 valence electrons. The largest absolute Gasteiger partial charge is 0.335 e. The van der Waals surface area contributed by atoms with Gasteiger partial charge in [-0.05, 0) is 50.4 Å². The van der Waals surface area contributed by atoms with E-state index in [1.807, 2.05) is 11.8 Å². The van der Waals surface area contributed by atoms with Gasteiger partial charge in [0.2, 0.25) is 0 Å². The minimum Gasteiger partial charge on any atom is -0.335 e. The summed E-state index contributed by atoms with van der Waals surface area (Å²) in [5.74, 6) is 0. The highest BCUT2D eigenvalue weighted by molar-refractivity contribution is 8.14. The molecule has 0 bridgehead atoms. The summed E-state index contributed by atoms with van der Waals surface area (Å²) in [6.07, 6.45) is 6.87. The number of rotatable bonds is 2. The number of likely N-dealkylation sites (tertiary alicyclic amines) is 1. The minimum atomic E-state index is 0.722. The molecule has 1 saturated heterocycles. The molecule has 1 aromatic carbocycles. The molecule has 3 nitrogen and oxygen atoms in total. The second-order valence-corrected chi connectivity index (χ2v) is 7.53. The fraction of sp³-hybridized carbons (Fsp3) is 0.588. The summed E-state index contributed by atoms with van der Waals surface area (Å²) in [5, 5.41) is 5.38. The molecule has 1 N–H and O–H groups in total. The van der Waals surface area contributed by atoms with Crippen LogP contribution in [0.4, 0.5) is 5.69 Å². The van der Waals surface area contributed by atoms with Crippen molar-refractivity contribution in [2.75, 3.05) is 18.4 Å². The van der Waals surface area contributed by atoms with E-state index in [0.717, 1.165) is 23.0 Å². The third-order valence-corrected chi connectivity index (χ3v) is 6.25. The summed E-state index contributed by atoms with van der Waals surface area (Å²) in [4.78, 5) is 7.47. The predicted molar refractivity (Wildman–Crippen MR) is 91.0 cm³/mol. The molecular formula is C17H23N3S. The van der Waals surface area contributed by atoms with Crippen molar-refractivity contribution in [1.82, 2.24) is 4.90 Å². The van der Waals surface area contributed by atoms with Crippen molar-refractivity contribution in [2.45, 2.75) is 49.9 Å². The van der Waals surface area contributed by atoms with Gasteiger partial charge in [-0.2, -0.15) is 0 Å². The topological polar surface area (TPSA) is 27.6 Å². The van der Waals surface area contributed by atoms with Crippen molar-refractivity contribution in [1.29, 1.82) is 0 Å². The monoisotopic (exact) mass is 301 g/mol. The second-order valence-electron chi connectivity index (χ2n) is 6.30. The number of nitrogens with zero attached hydrogens (tertiary/aromatic N) is 2. The summed E-state index contributed by atoms with van der Waals surface area (Å²) in [6.45, 7) is 3.45. The maximum absolute atomic E-state index is 4.75. The highest BCUT2D eigenvalue weighted by Crippen LogP contribution is 2.37. The van der Waals surface area contributed by atoms with E-state index in [4.69, 9.17) is 4.99 Å². The van der Waals surface area contributed by atoms with Gasteiger partial charge in [0.15, 0.2) is 5.17 Å². The maximum Gasteiger partial charge on any atom is 0.161 e. The van der Waals surface area contributed by atoms with Crippen LogP contribution in [0.25, 0.3) is 0 Å². The van der Waals surface area contributed by atoms with Crippen molar-refractivity contribution in [3.8, 4) is 0 Å². The van der Waals surface area contributed by atoms with E-state index in [2.05, 4.69) is 34.5 Å². The number of anilines is 1. The summed E-state index contributed by atoms with van der Waals surface area (Å²) in [6, 6.07) is 9.29. The molecule has 4 rings (SSSR count). The van der Waals surface area contributed by atoms with Gasteiger partial charge in [0.05, 0.1) is 6.54 Å². The van der Waals surface area contributed by atoms with E-state index in [1.165, 1.54) is 56.4 Å². The van der Waals surface area contributed by atoms with Gasteiger partial charge in [0.25, 0.3) is 0 Å². The molecule has 1 aromatic rings. The Kier molecular flexibility index (Phi) is 3.91. The number of amidine groups is 1. The number of benzene rings is 1. The number of aliphatic imine (C=N–C) groups is 1. The second kappa shape index (κ2) is 6.01. The smallest absolute Gasteiger partial charge is 0.161 e. The summed E-state index contributed by atoms with van der Waals surface area (Å²) < 4.78 is 0. The molecule has 2 fully saturated rings. The first-order valence-corrected chi connectivity index (χ1v) is 9.08. The van der Waals surface area contributed by atoms with Crippen LogP contribution < -0.4 is 5.32 Å². The molecule has 4 heteroatoms. The number of nitrogens with one attached hydrogen (secondary N) is 1. The van der Waals surface area contributed by atoms with Crippen LogP contribution in [0, 0.1) is 0 Å². The molecule has 2 atom stereocenters. The Morgan fingerprint density at radius 1 is 1.10 bits per heavy atom. The van der Waals surface area contributed by atoms with E-state index >= 15 is 0 Å². The van der Waals surface area contributed by atoms with Crippen LogP contribution in [0.3, 0.4) is 0 Å². The van der Waals surface area contributed by atoms with Gasteiger partial charge >= 0.3 is 0 Å². The molecule has 1 unspecified atom stereocenters. The van der Waals surface area contributed by atoms with Gasteiger partial charge in [-0.3, -0.25) is 9.89 Å². The molecule has 1 saturated carbocycles. The molecule has 0 radical (unpaired) electrons. The maximum atomic E-state index is 4.75. The molecule has 21 heavy (non-hydrogen) atoms. The lowest BCUT2D eigenvalue weighted by molar-refractivity contribution is 0.251. The zero-order valence-electron chi connectivity index (χ0n) is 12.4. The Balaban J connectivity index is 1.43. The van der Waals surface area contributed by atoms with Crippen LogP contribution in [0.15, 0.2) is 29.3 Å². The van der Waals surface area contributed by atoms with Gasteiger partial charge in [-0.25, -0.2) is 0 Å². The van der Waals surface area contributed by atoms with Crippen LogP contribution in [0.1, 0.15) is 37.7 Å². The zero-order valence-corrected chi connectivity index (χ0v) is 13.2. The number of hydrogen-bond donors (Lipinski definition) is 1. The fourth-order valence-electron chi connectivity index (χ4n) is 3.84. The van der Waals surface area contributed by atoms with Gasteiger partial charge in [-0.15, -0.1) is 0 Å². The molecular weight excluding hydrogens is 278 g/mol. The Morgan fingerprint density at radius 3 is 2.86 bits per heavy atom. The van der Waals surface area contributed by atoms with E-state index < -0.39 is 0 Å². The quantitative estimate of drug-likeness (QED) is 0.902. The first-order chi connectivity index (χ1) is 10.4. The first-order valence-electron chi connectivity index (χ1n) is 8.20. The Hall–Kier alpha value is -1.00. The zero-order chi connectivity index (χ0) is 14.1. The third-order valence-electron chi connectivity index (χ3n) is 4.94. The van der Waals surface area contributed by atoms with E-state index in [-0.39, 0.29) is 0 Å². The van der Waals surface area contributed by atoms with Crippen molar-refractivity contribution >= 4 is 22.6 Å². The summed E-state index contributed by atoms with van der Waals surface area (Å²) in [5.41, 5.74) is 2.55. The van der Waals surface area contributed by atoms with Crippen LogP contribution in [0.5, 0.6) is 0 Å². The number of para-hydroxylation sites is 1. The molecule has 0 spiro atoms. The number of thioether (sulfide) groups is 1. The lowest BCUT2D eigenvalue weighted by Gasteiger charge is -2.29. The molecule has 2 heterocycles. The third kappa shape index (κ3) is 2.84. The van der Waals surface area contributed by atoms with Crippen LogP contribution in [-0.2, 0) is 6.54 Å². The normalized spacial score (nSPS) is 29.0. The van der Waals surface area contributed by atoms with Gasteiger partial charge in [0.1, 0.15) is 0 Å². The molecule has 1 aliphatic carbocycles. The van der Waals surface area contributed by atoms with Crippen LogP contribution in [-0.4, -0.2) is 34.4 Å². The Labute approximate surface area is 131 Å². The summed E-state index contributed by atoms with van der Waals surface area (Å²) >= 11 is 1.98. The number of fused-ring (bicyclic) bond motifs is 1. The highest BCUT2D eigenvalue weighted by atomic mass is 32.2. The Morgan fingerprint density at radius 2 is 1.95 bits per heavy atom. The van der Waals surface area contributed by atoms with Gasteiger partial charge in [-0.1, -0.05) is 36.4 Å². The van der Waals surface area contributed by atoms with Crippen LogP contribution >= 0.6 is 11.8 Å². The highest BCUT2D eigenvalue weighted by Gasteiger charge is 2.34. The molecule has 0 aromatic heterocycles. The average molecular weight is 301 g/mol. The lowest BCUT2D eigenvalue weighted by Crippen LogP contribution is -2.38. The SMILES string of the molecule is c1ccc2c(c1)CN=C(SC1CCC[C@H]1N1CCCC1)N2. The Bertz CT molecular complexity index is 537. The van der Waals surface area contributed by atoms with E-state index in [1.54, 1.807) is 0 Å². The van der Waals surface area contributed by atoms with Gasteiger partial charge < -0.3 is 5.32 Å². The lowest BCUT2D eigenvalue weighted by atomic mass is 10.1. The van der Waals surface area contributed by atoms with E-state index in [0.29, 0.717) is 0 Å². The minimum absolute atomic E-state index is 0.722. The van der Waals surface area contributed by atoms with Gasteiger partial charge in [0, 0.05) is 17.0 Å². The van der Waals surface area contributed by atoms with E-state index in [9.17, 15) is 0 Å². The van der Waals surface area contributed by atoms with Crippen molar-refractivity contribution in [2.24, 2.45) is 4.99 Å². The summed E-state index contributed by atoms with van der Waals surface area (Å²) in [7, 11) is 0. The predicted octanol–water partition coefficient (Wildman–Crippen LogP) is 3.72. The fourth-order valence-corrected chi connectivity index (χ4v) is 5.18. The average Bonchev–Trinajstić information content (AvgIpc) is 3.18. The van der Waals surface area contributed by atoms with Crippen molar-refractivity contribution in [3.63, 3.8) is 0 Å². The van der Waals surface area contributed by atoms with Crippen molar-refractivity contribution < 1.29 is 0 Å². The molecule has 2 aliphatic heterocycles.